The van der Waals surface area contributed by atoms with E-state index in [4.69, 9.17) is 5.73 Å². The molecule has 4 heteroatoms. The highest BCUT2D eigenvalue weighted by Gasteiger charge is 2.11. The van der Waals surface area contributed by atoms with Gasteiger partial charge in [-0.15, -0.1) is 0 Å². The number of halogens is 2. The topological polar surface area (TPSA) is 29.3 Å². The Kier molecular flexibility index (Phi) is 8.50. The summed E-state index contributed by atoms with van der Waals surface area (Å²) in [7, 11) is 0. The molecule has 0 saturated heterocycles. The minimum absolute atomic E-state index is 0.0486. The van der Waals surface area contributed by atoms with E-state index in [0.29, 0.717) is 0 Å². The van der Waals surface area contributed by atoms with Gasteiger partial charge in [-0.1, -0.05) is 26.8 Å². The van der Waals surface area contributed by atoms with E-state index < -0.39 is 17.7 Å². The van der Waals surface area contributed by atoms with Gasteiger partial charge >= 0.3 is 0 Å². The second-order valence-corrected chi connectivity index (χ2v) is 4.04. The van der Waals surface area contributed by atoms with Crippen LogP contribution in [0.25, 0.3) is 0 Å². The average Bonchev–Trinajstić information content (AvgIpc) is 2.31. The van der Waals surface area contributed by atoms with E-state index in [1.807, 2.05) is 0 Å². The van der Waals surface area contributed by atoms with Crippen molar-refractivity contribution in [3.8, 4) is 0 Å². The second kappa shape index (κ2) is 9.00. The summed E-state index contributed by atoms with van der Waals surface area (Å²) < 4.78 is 25.6. The molecule has 0 fully saturated rings. The maximum Gasteiger partial charge on any atom is 0.130 e. The first-order valence-corrected chi connectivity index (χ1v) is 6.39. The predicted octanol–water partition coefficient (Wildman–Crippen LogP) is 3.33. The quantitative estimate of drug-likeness (QED) is 0.897. The van der Waals surface area contributed by atoms with Crippen molar-refractivity contribution in [1.82, 2.24) is 4.90 Å². The van der Waals surface area contributed by atoms with Crippen LogP contribution in [-0.4, -0.2) is 24.5 Å². The molecule has 0 spiro atoms. The maximum atomic E-state index is 12.8. The van der Waals surface area contributed by atoms with Crippen LogP contribution < -0.4 is 5.73 Å². The first-order chi connectivity index (χ1) is 8.47. The van der Waals surface area contributed by atoms with Crippen molar-refractivity contribution < 1.29 is 8.78 Å². The van der Waals surface area contributed by atoms with E-state index in [0.717, 1.165) is 0 Å². The third-order valence-electron chi connectivity index (χ3n) is 2.80. The summed E-state index contributed by atoms with van der Waals surface area (Å²) in [4.78, 5) is 2.38. The molecule has 2 N–H and O–H groups in total. The minimum Gasteiger partial charge on any atom is -0.324 e. The molecule has 0 aliphatic carbocycles. The molecule has 0 heterocycles. The predicted molar refractivity (Wildman–Crippen MR) is 72.4 cm³/mol. The lowest BCUT2D eigenvalue weighted by molar-refractivity contribution is 0.321. The van der Waals surface area contributed by atoms with Crippen molar-refractivity contribution in [3.05, 3.63) is 35.4 Å². The standard InChI is InChI=1S/C8H9F2N.C6H15N/c1-5(11)8-6(9)3-2-4-7(8)10;1-4-7(5-2)6-3/h2-5H,11H2,1H3;4-6H2,1-3H3. The maximum absolute atomic E-state index is 12.8. The fourth-order valence-corrected chi connectivity index (χ4v) is 1.62. The summed E-state index contributed by atoms with van der Waals surface area (Å²) in [6.45, 7) is 11.7. The van der Waals surface area contributed by atoms with E-state index in [-0.39, 0.29) is 5.56 Å². The summed E-state index contributed by atoms with van der Waals surface area (Å²) in [5.41, 5.74) is 5.29. The van der Waals surface area contributed by atoms with Crippen molar-refractivity contribution in [3.63, 3.8) is 0 Å². The van der Waals surface area contributed by atoms with Gasteiger partial charge in [-0.3, -0.25) is 0 Å². The zero-order chi connectivity index (χ0) is 14.1. The van der Waals surface area contributed by atoms with E-state index in [9.17, 15) is 8.78 Å². The highest BCUT2D eigenvalue weighted by atomic mass is 19.1. The molecular formula is C14H24F2N2. The Morgan fingerprint density at radius 2 is 1.44 bits per heavy atom. The summed E-state index contributed by atoms with van der Waals surface area (Å²) >= 11 is 0. The number of rotatable bonds is 4. The number of hydrogen-bond donors (Lipinski definition) is 1. The molecule has 0 saturated carbocycles. The molecule has 1 rings (SSSR count). The molecule has 0 aliphatic rings. The SMILES string of the molecule is CC(N)c1c(F)cccc1F.CCN(CC)CC. The number of nitrogens with zero attached hydrogens (tertiary/aromatic N) is 1. The Morgan fingerprint density at radius 3 is 1.61 bits per heavy atom. The van der Waals surface area contributed by atoms with Crippen LogP contribution in [0.5, 0.6) is 0 Å². The van der Waals surface area contributed by atoms with Crippen LogP contribution in [0.3, 0.4) is 0 Å². The highest BCUT2D eigenvalue weighted by Crippen LogP contribution is 2.17. The third kappa shape index (κ3) is 5.56. The number of hydrogen-bond acceptors (Lipinski definition) is 2. The smallest absolute Gasteiger partial charge is 0.130 e. The fourth-order valence-electron chi connectivity index (χ4n) is 1.62. The molecule has 1 aromatic carbocycles. The largest absolute Gasteiger partial charge is 0.324 e. The normalized spacial score (nSPS) is 12.0. The van der Waals surface area contributed by atoms with Crippen LogP contribution in [0.1, 0.15) is 39.3 Å². The molecule has 1 atom stereocenters. The monoisotopic (exact) mass is 258 g/mol. The molecule has 104 valence electrons. The summed E-state index contributed by atoms with van der Waals surface area (Å²) in [6.07, 6.45) is 0. The zero-order valence-electron chi connectivity index (χ0n) is 11.7. The summed E-state index contributed by atoms with van der Waals surface area (Å²) in [6, 6.07) is 3.11. The highest BCUT2D eigenvalue weighted by molar-refractivity contribution is 5.22. The lowest BCUT2D eigenvalue weighted by Crippen LogP contribution is -2.21. The van der Waals surface area contributed by atoms with Crippen LogP contribution in [0.4, 0.5) is 8.78 Å². The Hall–Kier alpha value is -1.00. The Morgan fingerprint density at radius 1 is 1.06 bits per heavy atom. The number of benzene rings is 1. The van der Waals surface area contributed by atoms with Gasteiger partial charge in [-0.2, -0.15) is 0 Å². The van der Waals surface area contributed by atoms with Gasteiger partial charge in [0.05, 0.1) is 0 Å². The average molecular weight is 258 g/mol. The lowest BCUT2D eigenvalue weighted by Gasteiger charge is -2.13. The van der Waals surface area contributed by atoms with Gasteiger partial charge in [0.1, 0.15) is 11.6 Å². The van der Waals surface area contributed by atoms with Crippen LogP contribution in [0.15, 0.2) is 18.2 Å². The van der Waals surface area contributed by atoms with Crippen LogP contribution in [-0.2, 0) is 0 Å². The van der Waals surface area contributed by atoms with Crippen LogP contribution in [0, 0.1) is 11.6 Å². The molecule has 0 aliphatic heterocycles. The molecular weight excluding hydrogens is 234 g/mol. The Bertz CT molecular complexity index is 311. The van der Waals surface area contributed by atoms with Gasteiger partial charge in [0.15, 0.2) is 0 Å². The second-order valence-electron chi connectivity index (χ2n) is 4.04. The molecule has 0 aromatic heterocycles. The van der Waals surface area contributed by atoms with Crippen LogP contribution >= 0.6 is 0 Å². The lowest BCUT2D eigenvalue weighted by atomic mass is 10.1. The van der Waals surface area contributed by atoms with Gasteiger partial charge in [-0.25, -0.2) is 8.78 Å². The third-order valence-corrected chi connectivity index (χ3v) is 2.80. The summed E-state index contributed by atoms with van der Waals surface area (Å²) in [5.74, 6) is -1.17. The molecule has 2 nitrogen and oxygen atoms in total. The molecule has 18 heavy (non-hydrogen) atoms. The van der Waals surface area contributed by atoms with Crippen molar-refractivity contribution in [1.29, 1.82) is 0 Å². The van der Waals surface area contributed by atoms with Gasteiger partial charge in [-0.05, 0) is 38.7 Å². The molecule has 0 amide bonds. The van der Waals surface area contributed by atoms with Gasteiger partial charge in [0.25, 0.3) is 0 Å². The Labute approximate surface area is 109 Å². The molecule has 0 bridgehead atoms. The Balaban J connectivity index is 0.000000360. The van der Waals surface area contributed by atoms with Crippen molar-refractivity contribution >= 4 is 0 Å². The van der Waals surface area contributed by atoms with E-state index in [2.05, 4.69) is 25.7 Å². The van der Waals surface area contributed by atoms with Crippen molar-refractivity contribution in [2.45, 2.75) is 33.7 Å². The van der Waals surface area contributed by atoms with E-state index >= 15 is 0 Å². The fraction of sp³-hybridized carbons (Fsp3) is 0.571. The molecule has 1 unspecified atom stereocenters. The zero-order valence-corrected chi connectivity index (χ0v) is 11.7. The van der Waals surface area contributed by atoms with Gasteiger partial charge in [0, 0.05) is 11.6 Å². The van der Waals surface area contributed by atoms with E-state index in [1.165, 1.54) is 37.8 Å². The minimum atomic E-state index is -0.601. The number of nitrogens with two attached hydrogens (primary N) is 1. The molecule has 1 aromatic rings. The first kappa shape index (κ1) is 17.0. The van der Waals surface area contributed by atoms with Gasteiger partial charge in [0.2, 0.25) is 0 Å². The van der Waals surface area contributed by atoms with Crippen molar-refractivity contribution in [2.75, 3.05) is 19.6 Å². The molecule has 0 radical (unpaired) electrons. The first-order valence-electron chi connectivity index (χ1n) is 6.39. The summed E-state index contributed by atoms with van der Waals surface area (Å²) in [5, 5.41) is 0. The van der Waals surface area contributed by atoms with Gasteiger partial charge < -0.3 is 10.6 Å². The van der Waals surface area contributed by atoms with Crippen molar-refractivity contribution in [2.24, 2.45) is 5.73 Å². The van der Waals surface area contributed by atoms with E-state index in [1.54, 1.807) is 6.92 Å². The van der Waals surface area contributed by atoms with Crippen LogP contribution in [0.2, 0.25) is 0 Å².